The van der Waals surface area contributed by atoms with Crippen molar-refractivity contribution in [2.75, 3.05) is 61.2 Å². The highest BCUT2D eigenvalue weighted by Gasteiger charge is 2.17. The second-order valence-corrected chi connectivity index (χ2v) is 12.4. The maximum absolute atomic E-state index is 11.7. The maximum Gasteiger partial charge on any atom is 0.306 e. The average Bonchev–Trinajstić information content (AvgIpc) is 3.00. The van der Waals surface area contributed by atoms with Crippen LogP contribution in [0, 0.1) is 0 Å². The minimum Gasteiger partial charge on any atom is -0.469 e. The number of likely N-dealkylation sites (tertiary alicyclic amines) is 1. The van der Waals surface area contributed by atoms with Crippen molar-refractivity contribution in [2.45, 2.75) is 162 Å². The second kappa shape index (κ2) is 35.3. The van der Waals surface area contributed by atoms with Crippen LogP contribution in [0.2, 0.25) is 0 Å². The summed E-state index contributed by atoms with van der Waals surface area (Å²) in [5.41, 5.74) is 0. The van der Waals surface area contributed by atoms with E-state index in [4.69, 9.17) is 9.47 Å². The normalized spacial score (nSPS) is 14.8. The Morgan fingerprint density at radius 2 is 1.26 bits per heavy atom. The second-order valence-electron chi connectivity index (χ2n) is 12.4. The largest absolute Gasteiger partial charge is 0.469 e. The van der Waals surface area contributed by atoms with Gasteiger partial charge in [-0.25, -0.2) is 0 Å². The van der Waals surface area contributed by atoms with E-state index in [9.17, 15) is 9.59 Å². The van der Waals surface area contributed by atoms with E-state index in [0.29, 0.717) is 19.4 Å². The van der Waals surface area contributed by atoms with Crippen LogP contribution in [0.5, 0.6) is 0 Å². The predicted octanol–water partition coefficient (Wildman–Crippen LogP) is 8.82. The molecule has 258 valence electrons. The molecule has 0 N–H and O–H groups in total. The minimum absolute atomic E-state index is 0.00860. The molecule has 7 heteroatoms. The number of ether oxygens (including phenoxy) is 3. The zero-order valence-electron chi connectivity index (χ0n) is 29.9. The van der Waals surface area contributed by atoms with Gasteiger partial charge in [0.05, 0.1) is 20.1 Å². The Hall–Kier alpha value is -1.18. The predicted molar refractivity (Wildman–Crippen MR) is 183 cm³/mol. The summed E-state index contributed by atoms with van der Waals surface area (Å²) in [6.07, 6.45) is 25.5. The van der Waals surface area contributed by atoms with Crippen LogP contribution in [-0.2, 0) is 23.8 Å². The van der Waals surface area contributed by atoms with Gasteiger partial charge in [0.15, 0.2) is 0 Å². The number of hydrogen-bond acceptors (Lipinski definition) is 7. The van der Waals surface area contributed by atoms with Gasteiger partial charge in [-0.15, -0.1) is 0 Å². The van der Waals surface area contributed by atoms with Gasteiger partial charge in [-0.1, -0.05) is 97.3 Å². The SMILES string of the molecule is CCCCCCCCCCOC(=O)CCCCCN1CCCCC1C.CCCCCCCOC.COC(=O)CCN(C)C. The molecule has 0 radical (unpaired) electrons. The van der Waals surface area contributed by atoms with Crippen molar-refractivity contribution in [3.05, 3.63) is 0 Å². The van der Waals surface area contributed by atoms with E-state index < -0.39 is 0 Å². The number of carbonyl (C=O) groups excluding carboxylic acids is 2. The molecule has 7 nitrogen and oxygen atoms in total. The van der Waals surface area contributed by atoms with E-state index >= 15 is 0 Å². The molecule has 1 heterocycles. The molecule has 0 aromatic carbocycles. The van der Waals surface area contributed by atoms with Crippen molar-refractivity contribution in [1.82, 2.24) is 9.80 Å². The van der Waals surface area contributed by atoms with Gasteiger partial charge >= 0.3 is 11.9 Å². The summed E-state index contributed by atoms with van der Waals surface area (Å²) >= 11 is 0. The molecule has 1 rings (SSSR count). The molecule has 1 unspecified atom stereocenters. The molecule has 1 saturated heterocycles. The fraction of sp³-hybridized carbons (Fsp3) is 0.944. The zero-order valence-corrected chi connectivity index (χ0v) is 29.9. The Morgan fingerprint density at radius 3 is 1.79 bits per heavy atom. The molecule has 0 aromatic heterocycles. The van der Waals surface area contributed by atoms with Crippen LogP contribution in [0.1, 0.15) is 156 Å². The first-order valence-corrected chi connectivity index (χ1v) is 17.9. The van der Waals surface area contributed by atoms with Crippen LogP contribution in [-0.4, -0.2) is 88.9 Å². The van der Waals surface area contributed by atoms with E-state index in [1.54, 1.807) is 7.11 Å². The third kappa shape index (κ3) is 35.2. The number of nitrogens with zero attached hydrogens (tertiary/aromatic N) is 2. The molecule has 0 spiro atoms. The summed E-state index contributed by atoms with van der Waals surface area (Å²) in [6.45, 7) is 11.6. The lowest BCUT2D eigenvalue weighted by Gasteiger charge is -2.33. The van der Waals surface area contributed by atoms with Gasteiger partial charge in [0, 0.05) is 32.7 Å². The number of hydrogen-bond donors (Lipinski definition) is 0. The average molecular weight is 615 g/mol. The van der Waals surface area contributed by atoms with Crippen LogP contribution in [0.25, 0.3) is 0 Å². The van der Waals surface area contributed by atoms with Crippen molar-refractivity contribution >= 4 is 11.9 Å². The van der Waals surface area contributed by atoms with Gasteiger partial charge in [0.25, 0.3) is 0 Å². The minimum atomic E-state index is -0.149. The van der Waals surface area contributed by atoms with Gasteiger partial charge in [-0.05, 0) is 72.6 Å². The number of piperidine rings is 1. The molecule has 0 saturated carbocycles. The first-order valence-electron chi connectivity index (χ1n) is 17.9. The number of rotatable bonds is 24. The molecule has 1 aliphatic heterocycles. The van der Waals surface area contributed by atoms with Crippen molar-refractivity contribution in [2.24, 2.45) is 0 Å². The molecule has 1 atom stereocenters. The van der Waals surface area contributed by atoms with Crippen molar-refractivity contribution < 1.29 is 23.8 Å². The lowest BCUT2D eigenvalue weighted by molar-refractivity contribution is -0.144. The van der Waals surface area contributed by atoms with Gasteiger partial charge in [-0.3, -0.25) is 9.59 Å². The molecule has 0 aliphatic carbocycles. The maximum atomic E-state index is 11.7. The quantitative estimate of drug-likeness (QED) is 0.0795. The summed E-state index contributed by atoms with van der Waals surface area (Å²) in [6, 6.07) is 0.755. The molecule has 0 aromatic rings. The van der Waals surface area contributed by atoms with Gasteiger partial charge in [0.2, 0.25) is 0 Å². The number of esters is 2. The molecule has 43 heavy (non-hydrogen) atoms. The van der Waals surface area contributed by atoms with Gasteiger partial charge in [-0.2, -0.15) is 0 Å². The summed E-state index contributed by atoms with van der Waals surface area (Å²) < 4.78 is 14.7. The Kier molecular flexibility index (Phi) is 36.1. The topological polar surface area (TPSA) is 68.3 Å². The smallest absolute Gasteiger partial charge is 0.306 e. The highest BCUT2D eigenvalue weighted by Crippen LogP contribution is 2.17. The summed E-state index contributed by atoms with van der Waals surface area (Å²) in [5, 5.41) is 0. The van der Waals surface area contributed by atoms with Gasteiger partial charge in [0.1, 0.15) is 0 Å². The van der Waals surface area contributed by atoms with Crippen LogP contribution in [0.15, 0.2) is 0 Å². The Balaban J connectivity index is 0. The third-order valence-electron chi connectivity index (χ3n) is 7.97. The fourth-order valence-electron chi connectivity index (χ4n) is 5.01. The van der Waals surface area contributed by atoms with Crippen molar-refractivity contribution in [3.8, 4) is 0 Å². The van der Waals surface area contributed by atoms with Crippen molar-refractivity contribution in [1.29, 1.82) is 0 Å². The van der Waals surface area contributed by atoms with Crippen molar-refractivity contribution in [3.63, 3.8) is 0 Å². The van der Waals surface area contributed by atoms with Crippen LogP contribution < -0.4 is 0 Å². The molecular weight excluding hydrogens is 540 g/mol. The number of unbranched alkanes of at least 4 members (excludes halogenated alkanes) is 13. The Bertz CT molecular complexity index is 582. The molecule has 1 aliphatic rings. The summed E-state index contributed by atoms with van der Waals surface area (Å²) in [7, 11) is 7.00. The highest BCUT2D eigenvalue weighted by atomic mass is 16.5. The van der Waals surface area contributed by atoms with E-state index in [1.807, 2.05) is 19.0 Å². The molecule has 1 fully saturated rings. The first-order chi connectivity index (χ1) is 20.8. The number of methoxy groups -OCH3 is 2. The standard InChI is InChI=1S/C22H43NO2.C8H18O.C6H13NO2/c1-3-4-5-6-7-8-9-15-20-25-22(24)17-11-10-13-18-23-19-14-12-16-21(23)2;1-3-4-5-6-7-8-9-2;1-7(2)5-4-6(8)9-3/h21H,3-20H2,1-2H3;3-8H2,1-2H3;4-5H2,1-3H3. The lowest BCUT2D eigenvalue weighted by atomic mass is 10.0. The summed E-state index contributed by atoms with van der Waals surface area (Å²) in [5.74, 6) is -0.141. The molecular formula is C36H74N2O5. The molecule has 0 bridgehead atoms. The fourth-order valence-corrected chi connectivity index (χ4v) is 5.01. The van der Waals surface area contributed by atoms with Crippen LogP contribution in [0.4, 0.5) is 0 Å². The van der Waals surface area contributed by atoms with Crippen LogP contribution >= 0.6 is 0 Å². The first kappa shape index (κ1) is 43.9. The highest BCUT2D eigenvalue weighted by molar-refractivity contribution is 5.69. The van der Waals surface area contributed by atoms with E-state index in [2.05, 4.69) is 30.4 Å². The van der Waals surface area contributed by atoms with Crippen LogP contribution in [0.3, 0.4) is 0 Å². The summed E-state index contributed by atoms with van der Waals surface area (Å²) in [4.78, 5) is 26.8. The van der Waals surface area contributed by atoms with E-state index in [1.165, 1.54) is 123 Å². The van der Waals surface area contributed by atoms with Gasteiger partial charge < -0.3 is 24.0 Å². The lowest BCUT2D eigenvalue weighted by Crippen LogP contribution is -2.37. The monoisotopic (exact) mass is 615 g/mol. The number of carbonyl (C=O) groups is 2. The Morgan fingerprint density at radius 1 is 0.698 bits per heavy atom. The Labute approximate surface area is 268 Å². The van der Waals surface area contributed by atoms with E-state index in [0.717, 1.165) is 38.5 Å². The zero-order chi connectivity index (χ0) is 32.4. The molecule has 0 amide bonds. The van der Waals surface area contributed by atoms with E-state index in [-0.39, 0.29) is 11.9 Å². The third-order valence-corrected chi connectivity index (χ3v) is 7.97.